The smallest absolute Gasteiger partial charge is 0.323 e. The number of ether oxygens (including phenoxy) is 1. The minimum atomic E-state index is -0.997. The zero-order valence-corrected chi connectivity index (χ0v) is 12.9. The third-order valence-electron chi connectivity index (χ3n) is 2.58. The van der Waals surface area contributed by atoms with E-state index in [0.29, 0.717) is 19.7 Å². The monoisotopic (exact) mass is 288 g/mol. The molecule has 0 aromatic rings. The van der Waals surface area contributed by atoms with Gasteiger partial charge >= 0.3 is 12.0 Å². The largest absolute Gasteiger partial charge is 0.480 e. The molecule has 0 bridgehead atoms. The third kappa shape index (κ3) is 10.6. The van der Waals surface area contributed by atoms with Gasteiger partial charge in [0.05, 0.1) is 0 Å². The molecule has 0 rings (SSSR count). The Balaban J connectivity index is 3.86. The van der Waals surface area contributed by atoms with Crippen LogP contribution in [0.2, 0.25) is 0 Å². The number of urea groups is 1. The maximum atomic E-state index is 11.9. The van der Waals surface area contributed by atoms with Crippen molar-refractivity contribution in [3.8, 4) is 0 Å². The zero-order valence-electron chi connectivity index (χ0n) is 12.9. The highest BCUT2D eigenvalue weighted by molar-refractivity contribution is 5.80. The second-order valence-corrected chi connectivity index (χ2v) is 5.22. The topological polar surface area (TPSA) is 78.9 Å². The Morgan fingerprint density at radius 2 is 1.90 bits per heavy atom. The molecule has 0 aromatic heterocycles. The van der Waals surface area contributed by atoms with Crippen LogP contribution < -0.4 is 5.32 Å². The minimum Gasteiger partial charge on any atom is -0.480 e. The van der Waals surface area contributed by atoms with Gasteiger partial charge < -0.3 is 20.1 Å². The lowest BCUT2D eigenvalue weighted by molar-refractivity contribution is -0.137. The fourth-order valence-corrected chi connectivity index (χ4v) is 1.65. The van der Waals surface area contributed by atoms with Crippen molar-refractivity contribution in [1.82, 2.24) is 10.2 Å². The molecule has 6 nitrogen and oxygen atoms in total. The molecular weight excluding hydrogens is 260 g/mol. The molecule has 0 aliphatic carbocycles. The number of nitrogens with one attached hydrogen (secondary N) is 1. The van der Waals surface area contributed by atoms with Crippen LogP contribution in [0.15, 0.2) is 0 Å². The molecule has 0 spiro atoms. The van der Waals surface area contributed by atoms with Gasteiger partial charge in [0.25, 0.3) is 0 Å². The highest BCUT2D eigenvalue weighted by Gasteiger charge is 2.17. The normalized spacial score (nSPS) is 10.6. The van der Waals surface area contributed by atoms with E-state index in [-0.39, 0.29) is 18.5 Å². The molecular formula is C14H28N2O4. The first-order chi connectivity index (χ1) is 9.47. The molecule has 0 aliphatic rings. The van der Waals surface area contributed by atoms with E-state index in [0.717, 1.165) is 25.9 Å². The standard InChI is InChI=1S/C14H28N2O4/c1-4-5-8-20-9-6-7-15-14(19)16(10-12(2)3)11-13(17)18/h12H,4-11H2,1-3H3,(H,15,19)(H,17,18). The number of unbranched alkanes of at least 4 members (excludes halogenated alkanes) is 1. The summed E-state index contributed by atoms with van der Waals surface area (Å²) in [5, 5.41) is 11.5. The van der Waals surface area contributed by atoms with Crippen LogP contribution in [0.3, 0.4) is 0 Å². The van der Waals surface area contributed by atoms with Crippen LogP contribution in [0.4, 0.5) is 4.79 Å². The van der Waals surface area contributed by atoms with Crippen molar-refractivity contribution in [3.63, 3.8) is 0 Å². The van der Waals surface area contributed by atoms with Gasteiger partial charge in [-0.25, -0.2) is 4.79 Å². The first-order valence-corrected chi connectivity index (χ1v) is 7.29. The summed E-state index contributed by atoms with van der Waals surface area (Å²) in [7, 11) is 0. The van der Waals surface area contributed by atoms with Gasteiger partial charge in [-0.1, -0.05) is 27.2 Å². The second-order valence-electron chi connectivity index (χ2n) is 5.22. The number of nitrogens with zero attached hydrogens (tertiary/aromatic N) is 1. The summed E-state index contributed by atoms with van der Waals surface area (Å²) in [6.45, 7) is 8.04. The molecule has 0 saturated carbocycles. The molecule has 118 valence electrons. The molecule has 0 aliphatic heterocycles. The van der Waals surface area contributed by atoms with Gasteiger partial charge in [-0.3, -0.25) is 4.79 Å². The number of hydrogen-bond acceptors (Lipinski definition) is 3. The fourth-order valence-electron chi connectivity index (χ4n) is 1.65. The van der Waals surface area contributed by atoms with E-state index in [1.165, 1.54) is 4.90 Å². The summed E-state index contributed by atoms with van der Waals surface area (Å²) < 4.78 is 5.39. The highest BCUT2D eigenvalue weighted by atomic mass is 16.5. The number of carbonyl (C=O) groups excluding carboxylic acids is 1. The van der Waals surface area contributed by atoms with Crippen LogP contribution in [0.5, 0.6) is 0 Å². The van der Waals surface area contributed by atoms with E-state index < -0.39 is 5.97 Å². The van der Waals surface area contributed by atoms with Gasteiger partial charge in [-0.05, 0) is 18.8 Å². The Labute approximate surface area is 121 Å². The maximum absolute atomic E-state index is 11.9. The number of carboxylic acids is 1. The Morgan fingerprint density at radius 3 is 2.45 bits per heavy atom. The molecule has 20 heavy (non-hydrogen) atoms. The Hall–Kier alpha value is -1.30. The lowest BCUT2D eigenvalue weighted by Crippen LogP contribution is -2.44. The molecule has 2 amide bonds. The Kier molecular flexibility index (Phi) is 10.8. The van der Waals surface area contributed by atoms with Crippen LogP contribution in [0, 0.1) is 5.92 Å². The van der Waals surface area contributed by atoms with Gasteiger partial charge in [0.2, 0.25) is 0 Å². The minimum absolute atomic E-state index is 0.234. The summed E-state index contributed by atoms with van der Waals surface area (Å²) >= 11 is 0. The third-order valence-corrected chi connectivity index (χ3v) is 2.58. The SMILES string of the molecule is CCCCOCCCNC(=O)N(CC(=O)O)CC(C)C. The van der Waals surface area contributed by atoms with E-state index in [9.17, 15) is 9.59 Å². The molecule has 0 unspecified atom stereocenters. The van der Waals surface area contributed by atoms with E-state index in [1.54, 1.807) is 0 Å². The van der Waals surface area contributed by atoms with Crippen molar-refractivity contribution in [1.29, 1.82) is 0 Å². The van der Waals surface area contributed by atoms with Gasteiger partial charge in [0.15, 0.2) is 0 Å². The van der Waals surface area contributed by atoms with Crippen LogP contribution >= 0.6 is 0 Å². The summed E-state index contributed by atoms with van der Waals surface area (Å²) in [5.41, 5.74) is 0. The molecule has 2 N–H and O–H groups in total. The summed E-state index contributed by atoms with van der Waals surface area (Å²) in [5.74, 6) is -0.763. The number of rotatable bonds is 11. The number of aliphatic carboxylic acids is 1. The maximum Gasteiger partial charge on any atom is 0.323 e. The van der Waals surface area contributed by atoms with Crippen molar-refractivity contribution in [2.24, 2.45) is 5.92 Å². The van der Waals surface area contributed by atoms with Gasteiger partial charge in [0, 0.05) is 26.3 Å². The zero-order chi connectivity index (χ0) is 15.4. The van der Waals surface area contributed by atoms with E-state index in [2.05, 4.69) is 12.2 Å². The lowest BCUT2D eigenvalue weighted by Gasteiger charge is -2.23. The van der Waals surface area contributed by atoms with Crippen LogP contribution in [0.1, 0.15) is 40.0 Å². The summed E-state index contributed by atoms with van der Waals surface area (Å²) in [6.07, 6.45) is 2.89. The van der Waals surface area contributed by atoms with E-state index >= 15 is 0 Å². The van der Waals surface area contributed by atoms with Crippen molar-refractivity contribution in [2.45, 2.75) is 40.0 Å². The van der Waals surface area contributed by atoms with Crippen molar-refractivity contribution >= 4 is 12.0 Å². The van der Waals surface area contributed by atoms with Crippen molar-refractivity contribution < 1.29 is 19.4 Å². The predicted octanol–water partition coefficient (Wildman–Crippen LogP) is 1.95. The molecule has 0 aromatic carbocycles. The average Bonchev–Trinajstić information content (AvgIpc) is 2.35. The second kappa shape index (κ2) is 11.5. The first kappa shape index (κ1) is 18.7. The lowest BCUT2D eigenvalue weighted by atomic mass is 10.2. The van der Waals surface area contributed by atoms with E-state index in [4.69, 9.17) is 9.84 Å². The molecule has 0 fully saturated rings. The van der Waals surface area contributed by atoms with Gasteiger partial charge in [-0.2, -0.15) is 0 Å². The number of carbonyl (C=O) groups is 2. The van der Waals surface area contributed by atoms with Crippen molar-refractivity contribution in [2.75, 3.05) is 32.8 Å². The molecule has 6 heteroatoms. The molecule has 0 radical (unpaired) electrons. The highest BCUT2D eigenvalue weighted by Crippen LogP contribution is 1.99. The molecule has 0 heterocycles. The van der Waals surface area contributed by atoms with Crippen LogP contribution in [-0.4, -0.2) is 54.9 Å². The van der Waals surface area contributed by atoms with Crippen LogP contribution in [0.25, 0.3) is 0 Å². The van der Waals surface area contributed by atoms with E-state index in [1.807, 2.05) is 13.8 Å². The van der Waals surface area contributed by atoms with Gasteiger partial charge in [-0.15, -0.1) is 0 Å². The van der Waals surface area contributed by atoms with Crippen LogP contribution in [-0.2, 0) is 9.53 Å². The fraction of sp³-hybridized carbons (Fsp3) is 0.857. The number of carboxylic acid groups (broad SMARTS) is 1. The molecule has 0 atom stereocenters. The molecule has 0 saturated heterocycles. The number of amides is 2. The number of hydrogen-bond donors (Lipinski definition) is 2. The quantitative estimate of drug-likeness (QED) is 0.570. The Morgan fingerprint density at radius 1 is 1.25 bits per heavy atom. The first-order valence-electron chi connectivity index (χ1n) is 7.29. The average molecular weight is 288 g/mol. The predicted molar refractivity (Wildman–Crippen MR) is 77.8 cm³/mol. The summed E-state index contributed by atoms with van der Waals surface area (Å²) in [6, 6.07) is -0.324. The Bertz CT molecular complexity index is 282. The van der Waals surface area contributed by atoms with Gasteiger partial charge in [0.1, 0.15) is 6.54 Å². The summed E-state index contributed by atoms with van der Waals surface area (Å²) in [4.78, 5) is 23.9. The van der Waals surface area contributed by atoms with Crippen molar-refractivity contribution in [3.05, 3.63) is 0 Å².